The van der Waals surface area contributed by atoms with Gasteiger partial charge in [0.1, 0.15) is 11.4 Å². The lowest BCUT2D eigenvalue weighted by molar-refractivity contribution is 0.0606. The number of aromatic hydroxyl groups is 1. The fourth-order valence-corrected chi connectivity index (χ4v) is 5.17. The molecule has 7 nitrogen and oxygen atoms in total. The van der Waals surface area contributed by atoms with Crippen LogP contribution in [-0.4, -0.2) is 45.9 Å². The van der Waals surface area contributed by atoms with Crippen molar-refractivity contribution in [2.24, 2.45) is 0 Å². The van der Waals surface area contributed by atoms with Crippen LogP contribution >= 0.6 is 0 Å². The molecule has 1 aliphatic carbocycles. The third-order valence-corrected chi connectivity index (χ3v) is 6.73. The van der Waals surface area contributed by atoms with E-state index in [4.69, 9.17) is 9.47 Å². The Balaban J connectivity index is 1.65. The summed E-state index contributed by atoms with van der Waals surface area (Å²) in [5.41, 5.74) is 4.01. The SMILES string of the molecule is CCOc1cc(C2c3c(-c4ccc(OC)cc4)n[nH]c3C(=O)N2C2CCCCC2)ccc1O. The van der Waals surface area contributed by atoms with Gasteiger partial charge in [-0.2, -0.15) is 5.10 Å². The number of hydrogen-bond donors (Lipinski definition) is 2. The number of phenols is 1. The molecule has 0 saturated heterocycles. The van der Waals surface area contributed by atoms with Gasteiger partial charge in [0.2, 0.25) is 0 Å². The van der Waals surface area contributed by atoms with Gasteiger partial charge < -0.3 is 19.5 Å². The molecule has 2 N–H and O–H groups in total. The zero-order chi connectivity index (χ0) is 22.9. The number of phenolic OH excluding ortho intramolecular Hbond substituents is 1. The number of benzene rings is 2. The first-order valence-corrected chi connectivity index (χ1v) is 11.6. The summed E-state index contributed by atoms with van der Waals surface area (Å²) in [5, 5.41) is 17.9. The smallest absolute Gasteiger partial charge is 0.273 e. The number of rotatable bonds is 6. The third-order valence-electron chi connectivity index (χ3n) is 6.73. The number of fused-ring (bicyclic) bond motifs is 1. The molecule has 3 aromatic rings. The first kappa shape index (κ1) is 21.4. The molecule has 2 aromatic carbocycles. The number of carbonyl (C=O) groups is 1. The number of hydrogen-bond acceptors (Lipinski definition) is 5. The Bertz CT molecular complexity index is 1150. The molecule has 2 aliphatic rings. The van der Waals surface area contributed by atoms with E-state index in [1.807, 2.05) is 48.2 Å². The lowest BCUT2D eigenvalue weighted by atomic mass is 9.91. The number of aromatic nitrogens is 2. The van der Waals surface area contributed by atoms with Crippen molar-refractivity contribution in [1.29, 1.82) is 0 Å². The summed E-state index contributed by atoms with van der Waals surface area (Å²) in [4.78, 5) is 15.7. The molecule has 33 heavy (non-hydrogen) atoms. The van der Waals surface area contributed by atoms with E-state index < -0.39 is 0 Å². The van der Waals surface area contributed by atoms with Crippen molar-refractivity contribution < 1.29 is 19.4 Å². The standard InChI is InChI=1S/C26H29N3O4/c1-3-33-21-15-17(11-14-20(21)30)25-22-23(16-9-12-19(32-2)13-10-16)27-28-24(22)26(31)29(25)18-7-5-4-6-8-18/h9-15,18,25,30H,3-8H2,1-2H3,(H,27,28). The maximum atomic E-state index is 13.7. The summed E-state index contributed by atoms with van der Waals surface area (Å²) in [5.74, 6) is 1.27. The number of ether oxygens (including phenoxy) is 2. The Labute approximate surface area is 193 Å². The molecule has 7 heteroatoms. The van der Waals surface area contributed by atoms with E-state index in [9.17, 15) is 9.90 Å². The van der Waals surface area contributed by atoms with E-state index in [1.54, 1.807) is 13.2 Å². The highest BCUT2D eigenvalue weighted by Gasteiger charge is 2.45. The van der Waals surface area contributed by atoms with Gasteiger partial charge in [0, 0.05) is 17.2 Å². The van der Waals surface area contributed by atoms with Crippen LogP contribution in [0.15, 0.2) is 42.5 Å². The molecular formula is C26H29N3O4. The van der Waals surface area contributed by atoms with Gasteiger partial charge in [-0.05, 0) is 61.7 Å². The summed E-state index contributed by atoms with van der Waals surface area (Å²) in [6.45, 7) is 2.33. The van der Waals surface area contributed by atoms with Gasteiger partial charge >= 0.3 is 0 Å². The van der Waals surface area contributed by atoms with Crippen LogP contribution in [0.25, 0.3) is 11.3 Å². The van der Waals surface area contributed by atoms with Crippen molar-refractivity contribution in [3.63, 3.8) is 0 Å². The quantitative estimate of drug-likeness (QED) is 0.551. The highest BCUT2D eigenvalue weighted by molar-refractivity contribution is 6.00. The first-order chi connectivity index (χ1) is 16.1. The molecule has 1 fully saturated rings. The molecule has 172 valence electrons. The van der Waals surface area contributed by atoms with Crippen molar-refractivity contribution in [3.8, 4) is 28.5 Å². The Hall–Kier alpha value is -3.48. The van der Waals surface area contributed by atoms with Crippen LogP contribution in [-0.2, 0) is 0 Å². The predicted molar refractivity (Wildman–Crippen MR) is 125 cm³/mol. The fraction of sp³-hybridized carbons (Fsp3) is 0.385. The van der Waals surface area contributed by atoms with Crippen LogP contribution in [0.4, 0.5) is 0 Å². The average Bonchev–Trinajstić information content (AvgIpc) is 3.40. The maximum absolute atomic E-state index is 13.7. The molecule has 0 spiro atoms. The molecule has 1 atom stereocenters. The molecule has 1 unspecified atom stereocenters. The molecule has 1 saturated carbocycles. The van der Waals surface area contributed by atoms with E-state index in [-0.39, 0.29) is 23.7 Å². The monoisotopic (exact) mass is 447 g/mol. The van der Waals surface area contributed by atoms with Crippen molar-refractivity contribution in [1.82, 2.24) is 15.1 Å². The summed E-state index contributed by atoms with van der Waals surface area (Å²) in [7, 11) is 1.64. The molecule has 0 bridgehead atoms. The van der Waals surface area contributed by atoms with E-state index >= 15 is 0 Å². The Kier molecular flexibility index (Phi) is 5.70. The number of aromatic amines is 1. The van der Waals surface area contributed by atoms with Crippen molar-refractivity contribution in [3.05, 3.63) is 59.3 Å². The largest absolute Gasteiger partial charge is 0.504 e. The van der Waals surface area contributed by atoms with E-state index in [0.717, 1.165) is 53.8 Å². The van der Waals surface area contributed by atoms with E-state index in [2.05, 4.69) is 10.2 Å². The topological polar surface area (TPSA) is 87.7 Å². The molecule has 1 aromatic heterocycles. The van der Waals surface area contributed by atoms with Crippen LogP contribution in [0.3, 0.4) is 0 Å². The van der Waals surface area contributed by atoms with Crippen LogP contribution in [0.5, 0.6) is 17.2 Å². The molecular weight excluding hydrogens is 418 g/mol. The minimum atomic E-state index is -0.300. The van der Waals surface area contributed by atoms with Gasteiger partial charge in [-0.15, -0.1) is 0 Å². The number of methoxy groups -OCH3 is 1. The van der Waals surface area contributed by atoms with Gasteiger partial charge in [-0.25, -0.2) is 0 Å². The van der Waals surface area contributed by atoms with Crippen LogP contribution in [0.2, 0.25) is 0 Å². The first-order valence-electron chi connectivity index (χ1n) is 11.6. The fourth-order valence-electron chi connectivity index (χ4n) is 5.17. The van der Waals surface area contributed by atoms with Gasteiger partial charge in [-0.3, -0.25) is 9.89 Å². The summed E-state index contributed by atoms with van der Waals surface area (Å²) >= 11 is 0. The highest BCUT2D eigenvalue weighted by Crippen LogP contribution is 2.47. The normalized spacial score (nSPS) is 18.4. The summed E-state index contributed by atoms with van der Waals surface area (Å²) < 4.78 is 11.0. The molecule has 0 radical (unpaired) electrons. The number of amides is 1. The molecule has 2 heterocycles. The van der Waals surface area contributed by atoms with Crippen molar-refractivity contribution >= 4 is 5.91 Å². The number of nitrogens with zero attached hydrogens (tertiary/aromatic N) is 2. The second-order valence-corrected chi connectivity index (χ2v) is 8.66. The highest BCUT2D eigenvalue weighted by atomic mass is 16.5. The summed E-state index contributed by atoms with van der Waals surface area (Å²) in [6, 6.07) is 13.0. The molecule has 1 aliphatic heterocycles. The number of H-pyrrole nitrogens is 1. The maximum Gasteiger partial charge on any atom is 0.273 e. The predicted octanol–water partition coefficient (Wildman–Crippen LogP) is 5.07. The number of carbonyl (C=O) groups excluding carboxylic acids is 1. The second kappa shape index (κ2) is 8.81. The zero-order valence-corrected chi connectivity index (χ0v) is 19.0. The molecule has 1 amide bonds. The van der Waals surface area contributed by atoms with Gasteiger partial charge in [0.15, 0.2) is 11.5 Å². The Morgan fingerprint density at radius 2 is 1.88 bits per heavy atom. The zero-order valence-electron chi connectivity index (χ0n) is 19.0. The van der Waals surface area contributed by atoms with E-state index in [0.29, 0.717) is 18.1 Å². The van der Waals surface area contributed by atoms with E-state index in [1.165, 1.54) is 6.42 Å². The van der Waals surface area contributed by atoms with Gasteiger partial charge in [-0.1, -0.05) is 25.3 Å². The average molecular weight is 448 g/mol. The van der Waals surface area contributed by atoms with Gasteiger partial charge in [0.05, 0.1) is 25.5 Å². The lowest BCUT2D eigenvalue weighted by Crippen LogP contribution is -2.40. The second-order valence-electron chi connectivity index (χ2n) is 8.66. The lowest BCUT2D eigenvalue weighted by Gasteiger charge is -2.36. The van der Waals surface area contributed by atoms with Crippen LogP contribution < -0.4 is 9.47 Å². The third kappa shape index (κ3) is 3.71. The van der Waals surface area contributed by atoms with Crippen LogP contribution in [0, 0.1) is 0 Å². The number of nitrogens with one attached hydrogen (secondary N) is 1. The summed E-state index contributed by atoms with van der Waals surface area (Å²) in [6.07, 6.45) is 5.44. The molecule has 5 rings (SSSR count). The van der Waals surface area contributed by atoms with Crippen LogP contribution in [0.1, 0.15) is 66.7 Å². The van der Waals surface area contributed by atoms with Crippen molar-refractivity contribution in [2.75, 3.05) is 13.7 Å². The van der Waals surface area contributed by atoms with Crippen molar-refractivity contribution in [2.45, 2.75) is 51.1 Å². The Morgan fingerprint density at radius 3 is 2.58 bits per heavy atom. The Morgan fingerprint density at radius 1 is 1.12 bits per heavy atom. The minimum Gasteiger partial charge on any atom is -0.504 e. The van der Waals surface area contributed by atoms with Gasteiger partial charge in [0.25, 0.3) is 5.91 Å². The minimum absolute atomic E-state index is 0.0137.